The zero-order valence-electron chi connectivity index (χ0n) is 17.1. The highest BCUT2D eigenvalue weighted by Gasteiger charge is 2.34. The lowest BCUT2D eigenvalue weighted by molar-refractivity contribution is -0.153. The molecule has 0 saturated carbocycles. The van der Waals surface area contributed by atoms with Crippen LogP contribution in [0, 0.1) is 19.8 Å². The molecule has 2 unspecified atom stereocenters. The van der Waals surface area contributed by atoms with Crippen molar-refractivity contribution in [1.82, 2.24) is 19.5 Å². The summed E-state index contributed by atoms with van der Waals surface area (Å²) in [4.78, 5) is 30.7. The number of aromatic nitrogens is 3. The minimum Gasteiger partial charge on any atom is -0.480 e. The number of fused-ring (bicyclic) bond motifs is 3. The normalized spacial score (nSPS) is 19.8. The van der Waals surface area contributed by atoms with E-state index in [2.05, 4.69) is 5.10 Å². The Balaban J connectivity index is 1.58. The number of carboxylic acids is 1. The van der Waals surface area contributed by atoms with Gasteiger partial charge in [0, 0.05) is 29.7 Å². The number of hydrogen-bond donors (Lipinski definition) is 1. The van der Waals surface area contributed by atoms with E-state index in [-0.39, 0.29) is 12.3 Å². The van der Waals surface area contributed by atoms with Crippen molar-refractivity contribution in [3.63, 3.8) is 0 Å². The van der Waals surface area contributed by atoms with Gasteiger partial charge in [-0.2, -0.15) is 5.10 Å². The Hall–Kier alpha value is -2.96. The molecule has 1 aliphatic rings. The van der Waals surface area contributed by atoms with E-state index in [0.29, 0.717) is 25.3 Å². The van der Waals surface area contributed by atoms with Crippen molar-refractivity contribution in [2.45, 2.75) is 52.5 Å². The second-order valence-electron chi connectivity index (χ2n) is 8.08. The molecule has 2 aromatic heterocycles. The molecule has 3 aromatic rings. The maximum Gasteiger partial charge on any atom is 0.326 e. The van der Waals surface area contributed by atoms with Crippen LogP contribution in [-0.2, 0) is 16.0 Å². The van der Waals surface area contributed by atoms with Gasteiger partial charge < -0.3 is 10.0 Å². The van der Waals surface area contributed by atoms with Gasteiger partial charge in [0.05, 0.1) is 5.52 Å². The van der Waals surface area contributed by atoms with E-state index in [1.807, 2.05) is 49.6 Å². The minimum atomic E-state index is -0.913. The highest BCUT2D eigenvalue weighted by molar-refractivity contribution is 5.92. The van der Waals surface area contributed by atoms with Gasteiger partial charge in [-0.1, -0.05) is 19.1 Å². The second-order valence-corrected chi connectivity index (χ2v) is 8.08. The maximum atomic E-state index is 12.8. The summed E-state index contributed by atoms with van der Waals surface area (Å²) in [7, 11) is 0. The lowest BCUT2D eigenvalue weighted by atomic mass is 9.92. The topological polar surface area (TPSA) is 87.8 Å². The molecule has 152 valence electrons. The number of aliphatic carboxylic acids is 1. The SMILES string of the molecule is Cc1nc2c3ccccc3nn2c(C)c1CCC(=O)N1CCC(C)CC1C(=O)O. The number of benzene rings is 1. The second kappa shape index (κ2) is 7.46. The number of hydrogen-bond acceptors (Lipinski definition) is 4. The van der Waals surface area contributed by atoms with Crippen molar-refractivity contribution in [1.29, 1.82) is 0 Å². The molecule has 1 aliphatic heterocycles. The molecule has 7 nitrogen and oxygen atoms in total. The van der Waals surface area contributed by atoms with Crippen LogP contribution < -0.4 is 0 Å². The highest BCUT2D eigenvalue weighted by Crippen LogP contribution is 2.26. The van der Waals surface area contributed by atoms with Crippen LogP contribution in [0.4, 0.5) is 0 Å². The van der Waals surface area contributed by atoms with Crippen LogP contribution in [0.5, 0.6) is 0 Å². The van der Waals surface area contributed by atoms with Gasteiger partial charge in [-0.3, -0.25) is 4.79 Å². The molecule has 0 bridgehead atoms. The van der Waals surface area contributed by atoms with Crippen molar-refractivity contribution in [3.05, 3.63) is 41.2 Å². The predicted octanol–water partition coefficient (Wildman–Crippen LogP) is 3.14. The Labute approximate surface area is 169 Å². The quantitative estimate of drug-likeness (QED) is 0.734. The largest absolute Gasteiger partial charge is 0.480 e. The Morgan fingerprint density at radius 2 is 2.00 bits per heavy atom. The molecule has 0 radical (unpaired) electrons. The maximum absolute atomic E-state index is 12.8. The monoisotopic (exact) mass is 394 g/mol. The first-order valence-electron chi connectivity index (χ1n) is 10.1. The Bertz CT molecular complexity index is 1100. The van der Waals surface area contributed by atoms with E-state index in [1.54, 1.807) is 4.90 Å². The molecule has 29 heavy (non-hydrogen) atoms. The summed E-state index contributed by atoms with van der Waals surface area (Å²) in [6.07, 6.45) is 2.16. The Morgan fingerprint density at radius 1 is 1.24 bits per heavy atom. The van der Waals surface area contributed by atoms with Crippen molar-refractivity contribution >= 4 is 28.4 Å². The van der Waals surface area contributed by atoms with Crippen LogP contribution in [0.3, 0.4) is 0 Å². The third kappa shape index (κ3) is 3.45. The number of aryl methyl sites for hydroxylation is 2. The van der Waals surface area contributed by atoms with Gasteiger partial charge in [-0.05, 0) is 56.7 Å². The average molecular weight is 394 g/mol. The molecular weight excluding hydrogens is 368 g/mol. The van der Waals surface area contributed by atoms with E-state index in [0.717, 1.165) is 39.9 Å². The lowest BCUT2D eigenvalue weighted by Crippen LogP contribution is -2.49. The third-order valence-corrected chi connectivity index (χ3v) is 6.08. The summed E-state index contributed by atoms with van der Waals surface area (Å²) in [5, 5.41) is 15.2. The number of amides is 1. The lowest BCUT2D eigenvalue weighted by Gasteiger charge is -2.36. The van der Waals surface area contributed by atoms with Gasteiger partial charge in [-0.25, -0.2) is 14.3 Å². The molecular formula is C22H26N4O3. The molecule has 1 amide bonds. The summed E-state index contributed by atoms with van der Waals surface area (Å²) in [5.74, 6) is -0.692. The van der Waals surface area contributed by atoms with Gasteiger partial charge in [-0.15, -0.1) is 0 Å². The summed E-state index contributed by atoms with van der Waals surface area (Å²) in [5.41, 5.74) is 4.56. The van der Waals surface area contributed by atoms with Crippen LogP contribution >= 0.6 is 0 Å². The van der Waals surface area contributed by atoms with E-state index >= 15 is 0 Å². The molecule has 2 atom stereocenters. The number of piperidine rings is 1. The summed E-state index contributed by atoms with van der Waals surface area (Å²) in [6.45, 7) is 6.50. The predicted molar refractivity (Wildman–Crippen MR) is 110 cm³/mol. The Kier molecular flexibility index (Phi) is 4.98. The van der Waals surface area contributed by atoms with Crippen LogP contribution in [0.2, 0.25) is 0 Å². The number of likely N-dealkylation sites (tertiary alicyclic amines) is 1. The fraction of sp³-hybridized carbons (Fsp3) is 0.455. The molecule has 1 fully saturated rings. The van der Waals surface area contributed by atoms with E-state index < -0.39 is 12.0 Å². The molecule has 3 heterocycles. The fourth-order valence-electron chi connectivity index (χ4n) is 4.39. The van der Waals surface area contributed by atoms with Crippen molar-refractivity contribution in [3.8, 4) is 0 Å². The number of carbonyl (C=O) groups is 2. The molecule has 0 spiro atoms. The highest BCUT2D eigenvalue weighted by atomic mass is 16.4. The number of nitrogens with zero attached hydrogens (tertiary/aromatic N) is 4. The van der Waals surface area contributed by atoms with E-state index in [1.165, 1.54) is 0 Å². The molecule has 1 N–H and O–H groups in total. The fourth-order valence-corrected chi connectivity index (χ4v) is 4.39. The molecule has 7 heteroatoms. The minimum absolute atomic E-state index is 0.103. The van der Waals surface area contributed by atoms with Crippen LogP contribution in [0.1, 0.15) is 43.1 Å². The van der Waals surface area contributed by atoms with Crippen LogP contribution in [0.25, 0.3) is 16.6 Å². The van der Waals surface area contributed by atoms with Gasteiger partial charge in [0.1, 0.15) is 6.04 Å². The van der Waals surface area contributed by atoms with Gasteiger partial charge >= 0.3 is 5.97 Å². The molecule has 1 saturated heterocycles. The zero-order valence-corrected chi connectivity index (χ0v) is 17.1. The van der Waals surface area contributed by atoms with E-state index in [4.69, 9.17) is 4.98 Å². The molecule has 1 aromatic carbocycles. The van der Waals surface area contributed by atoms with Crippen LogP contribution in [0.15, 0.2) is 24.3 Å². The average Bonchev–Trinajstić information content (AvgIpc) is 3.06. The molecule has 4 rings (SSSR count). The van der Waals surface area contributed by atoms with Crippen molar-refractivity contribution in [2.24, 2.45) is 5.92 Å². The first kappa shape index (κ1) is 19.4. The van der Waals surface area contributed by atoms with Gasteiger partial charge in [0.15, 0.2) is 5.65 Å². The van der Waals surface area contributed by atoms with Gasteiger partial charge in [0.2, 0.25) is 5.91 Å². The number of carbonyl (C=O) groups excluding carboxylic acids is 1. The summed E-state index contributed by atoms with van der Waals surface area (Å²) >= 11 is 0. The van der Waals surface area contributed by atoms with Crippen molar-refractivity contribution < 1.29 is 14.7 Å². The standard InChI is InChI=1S/C22H26N4O3/c1-13-10-11-25(19(12-13)22(28)29)20(27)9-8-16-14(2)23-21-17-6-4-5-7-18(17)24-26(21)15(16)3/h4-7,13,19H,8-12H2,1-3H3,(H,28,29). The first-order valence-corrected chi connectivity index (χ1v) is 10.1. The smallest absolute Gasteiger partial charge is 0.326 e. The summed E-state index contributed by atoms with van der Waals surface area (Å²) in [6, 6.07) is 7.18. The van der Waals surface area contributed by atoms with E-state index in [9.17, 15) is 14.7 Å². The zero-order chi connectivity index (χ0) is 20.7. The van der Waals surface area contributed by atoms with Crippen molar-refractivity contribution in [2.75, 3.05) is 6.54 Å². The first-order chi connectivity index (χ1) is 13.9. The van der Waals surface area contributed by atoms with Gasteiger partial charge in [0.25, 0.3) is 0 Å². The number of carboxylic acid groups (broad SMARTS) is 1. The third-order valence-electron chi connectivity index (χ3n) is 6.08. The number of rotatable bonds is 4. The summed E-state index contributed by atoms with van der Waals surface area (Å²) < 4.78 is 1.85. The molecule has 0 aliphatic carbocycles. The Morgan fingerprint density at radius 3 is 2.76 bits per heavy atom. The van der Waals surface area contributed by atoms with Crippen LogP contribution in [-0.4, -0.2) is 49.1 Å².